The van der Waals surface area contributed by atoms with Crippen LogP contribution in [0, 0.1) is 0 Å². The summed E-state index contributed by atoms with van der Waals surface area (Å²) in [6.45, 7) is -4.05. The summed E-state index contributed by atoms with van der Waals surface area (Å²) in [5.41, 5.74) is 0.412. The number of amides is 1. The molecule has 0 bridgehead atoms. The maximum Gasteiger partial charge on any atom is 0.398 e. The normalized spacial score (nSPS) is 22.4. The third-order valence-electron chi connectivity index (χ3n) is 6.28. The minimum atomic E-state index is -6.33. The first-order valence-electron chi connectivity index (χ1n) is 14.1. The van der Waals surface area contributed by atoms with Crippen LogP contribution in [-0.4, -0.2) is 159 Å². The van der Waals surface area contributed by atoms with E-state index in [1.807, 2.05) is 0 Å². The number of rotatable bonds is 24. The molecule has 1 amide bonds. The monoisotopic (exact) mass is 991 g/mol. The van der Waals surface area contributed by atoms with E-state index in [0.717, 1.165) is 0 Å². The van der Waals surface area contributed by atoms with Crippen LogP contribution in [0.5, 0.6) is 0 Å². The van der Waals surface area contributed by atoms with Crippen LogP contribution in [0.2, 0.25) is 0 Å². The molecule has 32 nitrogen and oxygen atoms in total. The van der Waals surface area contributed by atoms with Gasteiger partial charge in [0.15, 0.2) is 12.4 Å². The SMILES string of the molecule is O=C(NC[C@H]1O[C@H](OCc2ccccc2)C[C@@H](OS(=O)(=O)O)[C@@H]1OS(=O)(=O)O)[C@H](OS(=O)(=O)O)[C@H](OS(=O)(=O)O)[C@@H](OS(=O)(=O)O)[C@@H](COS(=O)(=O)O)OS(=O)(=O)O. The molecule has 0 aromatic heterocycles. The van der Waals surface area contributed by atoms with Gasteiger partial charge in [0, 0.05) is 13.0 Å². The van der Waals surface area contributed by atoms with Crippen molar-refractivity contribution < 1.29 is 134 Å². The van der Waals surface area contributed by atoms with Crippen LogP contribution in [0.25, 0.3) is 0 Å². The molecule has 8 N–H and O–H groups in total. The minimum absolute atomic E-state index is 0.380. The van der Waals surface area contributed by atoms with Gasteiger partial charge in [0.1, 0.15) is 36.6 Å². The molecule has 1 fully saturated rings. The summed E-state index contributed by atoms with van der Waals surface area (Å²) in [5.74, 6) is -2.34. The van der Waals surface area contributed by atoms with Crippen molar-refractivity contribution in [2.24, 2.45) is 0 Å². The standard InChI is InChI=1S/C19H29NO31S7/c21-19(20-7-12-15(48-55(31,32)33)11(46-53(25,26)27)6-14(45-12)43-8-10-4-2-1-3-5-10)18(51-58(40,41)42)17(50-57(37,38)39)16(49-56(34,35)36)13(47-54(28,29)30)9-44-52(22,23)24/h1-5,11-18H,6-9H2,(H,20,21)(H,22,23,24)(H,25,26,27)(H,28,29,30)(H,31,32,33)(H,34,35,36)(H,37,38,39)(H,40,41,42)/t11-,12-,13-,14+,15+,16+,17-,18-/m1/s1. The lowest BCUT2D eigenvalue weighted by Gasteiger charge is -2.39. The molecular formula is C19H29NO31S7. The lowest BCUT2D eigenvalue weighted by Crippen LogP contribution is -2.59. The molecule has 338 valence electrons. The van der Waals surface area contributed by atoms with Gasteiger partial charge in [-0.2, -0.15) is 58.9 Å². The van der Waals surface area contributed by atoms with Gasteiger partial charge in [-0.15, -0.1) is 0 Å². The molecule has 39 heteroatoms. The zero-order chi connectivity index (χ0) is 44.7. The Kier molecular flexibility index (Phi) is 17.9. The van der Waals surface area contributed by atoms with E-state index in [2.05, 4.69) is 29.3 Å². The first-order chi connectivity index (χ1) is 26.0. The van der Waals surface area contributed by atoms with Crippen molar-refractivity contribution in [3.8, 4) is 0 Å². The summed E-state index contributed by atoms with van der Waals surface area (Å²) < 4.78 is 267. The third kappa shape index (κ3) is 21.3. The fraction of sp³-hybridized carbons (Fsp3) is 0.632. The number of benzene rings is 1. The molecule has 0 unspecified atom stereocenters. The Morgan fingerprint density at radius 3 is 1.62 bits per heavy atom. The van der Waals surface area contributed by atoms with Gasteiger partial charge in [-0.3, -0.25) is 36.7 Å². The van der Waals surface area contributed by atoms with E-state index in [0.29, 0.717) is 5.56 Å². The van der Waals surface area contributed by atoms with E-state index in [9.17, 15) is 86.5 Å². The maximum absolute atomic E-state index is 13.5. The second-order valence-electron chi connectivity index (χ2n) is 10.6. The molecule has 0 saturated carbocycles. The Balaban J connectivity index is 2.74. The van der Waals surface area contributed by atoms with Gasteiger partial charge in [0.05, 0.1) is 13.2 Å². The summed E-state index contributed by atoms with van der Waals surface area (Å²) in [6.07, 6.45) is -24.2. The minimum Gasteiger partial charge on any atom is -0.351 e. The largest absolute Gasteiger partial charge is 0.398 e. The highest BCUT2D eigenvalue weighted by molar-refractivity contribution is 7.82. The summed E-state index contributed by atoms with van der Waals surface area (Å²) in [6, 6.07) is 7.65. The van der Waals surface area contributed by atoms with Crippen LogP contribution in [0.15, 0.2) is 30.3 Å². The van der Waals surface area contributed by atoms with Crippen molar-refractivity contribution in [2.45, 2.75) is 62.0 Å². The van der Waals surface area contributed by atoms with E-state index < -0.39 is 147 Å². The van der Waals surface area contributed by atoms with Crippen molar-refractivity contribution in [1.82, 2.24) is 5.32 Å². The van der Waals surface area contributed by atoms with E-state index in [1.54, 1.807) is 11.4 Å². The molecule has 1 saturated heterocycles. The van der Waals surface area contributed by atoms with Crippen molar-refractivity contribution in [3.63, 3.8) is 0 Å². The van der Waals surface area contributed by atoms with Gasteiger partial charge in [-0.1, -0.05) is 30.3 Å². The smallest absolute Gasteiger partial charge is 0.351 e. The zero-order valence-electron chi connectivity index (χ0n) is 27.6. The van der Waals surface area contributed by atoms with Gasteiger partial charge in [-0.25, -0.2) is 29.3 Å². The molecular weight excluding hydrogens is 963 g/mol. The molecule has 1 heterocycles. The second kappa shape index (κ2) is 20.0. The van der Waals surface area contributed by atoms with Crippen molar-refractivity contribution >= 4 is 78.7 Å². The Hall–Kier alpha value is -2.30. The van der Waals surface area contributed by atoms with Crippen molar-refractivity contribution in [3.05, 3.63) is 35.9 Å². The lowest BCUT2D eigenvalue weighted by molar-refractivity contribution is -0.244. The Morgan fingerprint density at radius 2 is 1.16 bits per heavy atom. The average Bonchev–Trinajstić information content (AvgIpc) is 2.99. The lowest BCUT2D eigenvalue weighted by atomic mass is 10.0. The molecule has 0 aliphatic carbocycles. The van der Waals surface area contributed by atoms with Crippen molar-refractivity contribution in [2.75, 3.05) is 13.2 Å². The number of carbonyl (C=O) groups is 1. The van der Waals surface area contributed by atoms with Crippen molar-refractivity contribution in [1.29, 1.82) is 0 Å². The van der Waals surface area contributed by atoms with Crippen LogP contribution in [-0.2, 0) is 123 Å². The van der Waals surface area contributed by atoms with Crippen LogP contribution in [0.1, 0.15) is 12.0 Å². The first-order valence-corrected chi connectivity index (χ1v) is 23.7. The van der Waals surface area contributed by atoms with E-state index in [1.165, 1.54) is 24.3 Å². The first kappa shape index (κ1) is 51.8. The molecule has 1 aliphatic heterocycles. The van der Waals surface area contributed by atoms with Gasteiger partial charge in [0.2, 0.25) is 0 Å². The molecule has 8 atom stereocenters. The molecule has 1 aromatic carbocycles. The van der Waals surface area contributed by atoms with Crippen LogP contribution >= 0.6 is 0 Å². The predicted octanol–water partition coefficient (Wildman–Crippen LogP) is -4.62. The molecule has 0 radical (unpaired) electrons. The maximum atomic E-state index is 13.5. The Labute approximate surface area is 328 Å². The number of hydrogen-bond acceptors (Lipinski definition) is 24. The summed E-state index contributed by atoms with van der Waals surface area (Å²) >= 11 is 0. The van der Waals surface area contributed by atoms with Crippen LogP contribution < -0.4 is 5.32 Å². The molecule has 2 rings (SSSR count). The number of carbonyl (C=O) groups excluding carboxylic acids is 1. The summed E-state index contributed by atoms with van der Waals surface area (Å²) in [7, 11) is -42.0. The summed E-state index contributed by atoms with van der Waals surface area (Å²) in [4.78, 5) is 13.5. The molecule has 1 aliphatic rings. The Morgan fingerprint density at radius 1 is 0.655 bits per heavy atom. The number of ether oxygens (including phenoxy) is 2. The molecule has 1 aromatic rings. The fourth-order valence-corrected chi connectivity index (χ4v) is 7.77. The highest BCUT2D eigenvalue weighted by Gasteiger charge is 2.51. The van der Waals surface area contributed by atoms with E-state index >= 15 is 0 Å². The van der Waals surface area contributed by atoms with Gasteiger partial charge in [-0.05, 0) is 5.56 Å². The van der Waals surface area contributed by atoms with Gasteiger partial charge < -0.3 is 14.8 Å². The summed E-state index contributed by atoms with van der Waals surface area (Å²) in [5, 5.41) is 1.55. The van der Waals surface area contributed by atoms with Crippen LogP contribution in [0.4, 0.5) is 0 Å². The predicted molar refractivity (Wildman–Crippen MR) is 174 cm³/mol. The van der Waals surface area contributed by atoms with Gasteiger partial charge >= 0.3 is 72.8 Å². The third-order valence-corrected chi connectivity index (χ3v) is 9.54. The zero-order valence-corrected chi connectivity index (χ0v) is 33.3. The Bertz CT molecular complexity index is 2350. The van der Waals surface area contributed by atoms with E-state index in [-0.39, 0.29) is 6.61 Å². The topological polar surface area (TPSA) is 493 Å². The highest BCUT2D eigenvalue weighted by Crippen LogP contribution is 2.29. The average molecular weight is 992 g/mol. The number of nitrogens with one attached hydrogen (secondary N) is 1. The van der Waals surface area contributed by atoms with E-state index in [4.69, 9.17) is 18.6 Å². The van der Waals surface area contributed by atoms with Crippen LogP contribution in [0.3, 0.4) is 0 Å². The van der Waals surface area contributed by atoms with Gasteiger partial charge in [0.25, 0.3) is 5.91 Å². The second-order valence-corrected chi connectivity index (χ2v) is 18.0. The molecule has 0 spiro atoms. The quantitative estimate of drug-likeness (QED) is 0.0452. The fourth-order valence-electron chi connectivity index (χ4n) is 4.49. The highest BCUT2D eigenvalue weighted by atomic mass is 32.3. The molecule has 58 heavy (non-hydrogen) atoms. The number of hydrogen-bond donors (Lipinski definition) is 8.